The van der Waals surface area contributed by atoms with Gasteiger partial charge in [-0.25, -0.2) is 23.1 Å². The van der Waals surface area contributed by atoms with Crippen LogP contribution in [-0.2, 0) is 72.4 Å². The molecule has 8 atom stereocenters. The van der Waals surface area contributed by atoms with Crippen LogP contribution >= 0.6 is 42.8 Å². The van der Waals surface area contributed by atoms with Crippen LogP contribution in [0.15, 0.2) is 30.5 Å². The zero-order valence-electron chi connectivity index (χ0n) is 42.6. The number of para-hydroxylation sites is 1. The fourth-order valence-corrected chi connectivity index (χ4v) is 9.81. The molecule has 2 rings (SSSR count). The van der Waals surface area contributed by atoms with Crippen molar-refractivity contribution in [2.45, 2.75) is 122 Å². The van der Waals surface area contributed by atoms with Gasteiger partial charge in [-0.2, -0.15) is 11.8 Å². The predicted molar refractivity (Wildman–Crippen MR) is 274 cm³/mol. The molecule has 0 aliphatic heterocycles. The van der Waals surface area contributed by atoms with Gasteiger partial charge >= 0.3 is 37.0 Å². The van der Waals surface area contributed by atoms with E-state index in [-0.39, 0.29) is 35.1 Å². The number of carboxylic acids is 1. The van der Waals surface area contributed by atoms with Crippen LogP contribution < -0.4 is 47.8 Å². The molecule has 1 aromatic carbocycles. The van der Waals surface area contributed by atoms with Gasteiger partial charge in [0.15, 0.2) is 6.04 Å². The van der Waals surface area contributed by atoms with Crippen molar-refractivity contribution in [3.8, 4) is 0 Å². The summed E-state index contributed by atoms with van der Waals surface area (Å²) >= 11 is 1.14. The number of amides is 8. The fraction of sp³-hybridized carbons (Fsp3) is 0.575. The van der Waals surface area contributed by atoms with Gasteiger partial charge < -0.3 is 81.9 Å². The number of benzene rings is 1. The largest absolute Gasteiger partial charge is 0.480 e. The van der Waals surface area contributed by atoms with Crippen LogP contribution in [0.1, 0.15) is 72.3 Å². The van der Waals surface area contributed by atoms with Crippen molar-refractivity contribution < 1.29 is 110 Å². The highest BCUT2D eigenvalue weighted by Crippen LogP contribution is 2.42. The highest BCUT2D eigenvalue weighted by Gasteiger charge is 2.38. The molecule has 78 heavy (non-hydrogen) atoms. The third-order valence-corrected chi connectivity index (χ3v) is 14.1. The van der Waals surface area contributed by atoms with E-state index in [4.69, 9.17) is 5.73 Å². The summed E-state index contributed by atoms with van der Waals surface area (Å²) < 4.78 is 52.0. The average molecular weight is 1210 g/mol. The van der Waals surface area contributed by atoms with E-state index in [1.807, 2.05) is 5.32 Å². The maximum absolute atomic E-state index is 14.6. The van der Waals surface area contributed by atoms with Gasteiger partial charge in [0.25, 0.3) is 0 Å². The van der Waals surface area contributed by atoms with Gasteiger partial charge in [-0.05, 0) is 61.7 Å². The second kappa shape index (κ2) is 29.9. The molecule has 38 heteroatoms. The number of aliphatic carboxylic acids is 1. The SMILES string of the molecule is CSCC[C@H](NC(=O)[C@H](CC(C)C)NC(=O)[C@H](Cc1cn(P(=O)(O)O)c2ccccc12)NC(=O)[C@H](CCC(=O)NP(=O)(O)O)NC(=O)[C@@H](N)C(C)C)C(=O)N[C@@H](CC(=O)NP(=O)(O)O)C(=O)N[C@H](C(=O)O)[C@@H](C)OP(=O)(O)O. The Morgan fingerprint density at radius 1 is 0.641 bits per heavy atom. The Bertz CT molecular complexity index is 2710. The summed E-state index contributed by atoms with van der Waals surface area (Å²) in [6, 6.07) is -7.00. The van der Waals surface area contributed by atoms with Crippen molar-refractivity contribution in [2.75, 3.05) is 12.0 Å². The Balaban J connectivity index is 2.70. The standard InChI is InChI=1S/C40H66N10O23P4S/c1-19(2)15-26(36(55)42-25(13-14-78-6)35(54)46-28(17-31(52)49-75(64,65)66)38(57)47-33(40(59)60)21(5)73-77(70,71)72)44-37(56)27(16-22-18-50(76(67,68)69)29-10-8-7-9-23(22)29)45-34(53)24(43-39(58)32(41)20(3)4)11-12-30(51)48-74(61,62)63/h7-10,18-21,24-28,32-33H,11-17,41H2,1-6H3,(H,42,55)(H,43,58)(H,44,56)(H,45,53)(H,46,54)(H,47,57)(H,59,60)(H2,67,68,69)(H2,70,71,72)(H3,48,51,61,62,63)(H3,49,52,64,65,66)/t21-,24+,25+,26+,27+,28+,32+,33+/m1/s1. The second-order valence-electron chi connectivity index (χ2n) is 18.2. The highest BCUT2D eigenvalue weighted by atomic mass is 32.2. The number of hydrogen-bond donors (Lipinski definition) is 18. The lowest BCUT2D eigenvalue weighted by molar-refractivity contribution is -0.145. The lowest BCUT2D eigenvalue weighted by Crippen LogP contribution is -2.61. The zero-order valence-corrected chi connectivity index (χ0v) is 47.0. The first-order valence-electron chi connectivity index (χ1n) is 23.2. The molecule has 19 N–H and O–H groups in total. The molecule has 0 saturated heterocycles. The van der Waals surface area contributed by atoms with Crippen LogP contribution in [0.2, 0.25) is 0 Å². The normalized spacial score (nSPS) is 15.3. The minimum Gasteiger partial charge on any atom is -0.480 e. The van der Waals surface area contributed by atoms with Gasteiger partial charge in [0, 0.05) is 24.4 Å². The van der Waals surface area contributed by atoms with Crippen molar-refractivity contribution in [3.05, 3.63) is 36.0 Å². The molecule has 0 aliphatic rings. The summed E-state index contributed by atoms with van der Waals surface area (Å²) in [5, 5.41) is 26.1. The van der Waals surface area contributed by atoms with Gasteiger partial charge in [0.2, 0.25) is 47.3 Å². The number of thioether (sulfide) groups is 1. The van der Waals surface area contributed by atoms with Gasteiger partial charge in [0.05, 0.1) is 24.1 Å². The molecule has 1 aromatic heterocycles. The Morgan fingerprint density at radius 3 is 1.63 bits per heavy atom. The lowest BCUT2D eigenvalue weighted by Gasteiger charge is -2.28. The first kappa shape index (κ1) is 69.0. The van der Waals surface area contributed by atoms with Crippen molar-refractivity contribution in [1.29, 1.82) is 0 Å². The first-order valence-corrected chi connectivity index (χ1v) is 30.9. The molecular weight excluding hydrogens is 1140 g/mol. The maximum atomic E-state index is 14.6. The Hall–Kier alpha value is -5.14. The molecular formula is C40H66N10O23P4S. The smallest absolute Gasteiger partial charge is 0.469 e. The number of carbonyl (C=O) groups is 9. The summed E-state index contributed by atoms with van der Waals surface area (Å²) in [4.78, 5) is 197. The van der Waals surface area contributed by atoms with Crippen LogP contribution in [0, 0.1) is 11.8 Å². The number of carboxylic acid groups (broad SMARTS) is 1. The zero-order chi connectivity index (χ0) is 59.8. The van der Waals surface area contributed by atoms with Crippen molar-refractivity contribution in [1.82, 2.24) is 46.4 Å². The molecule has 8 amide bonds. The molecule has 0 fully saturated rings. The summed E-state index contributed by atoms with van der Waals surface area (Å²) in [5.74, 6) is -12.9. The summed E-state index contributed by atoms with van der Waals surface area (Å²) in [6.07, 6.45) is -3.27. The van der Waals surface area contributed by atoms with E-state index >= 15 is 0 Å². The monoisotopic (exact) mass is 1210 g/mol. The Morgan fingerprint density at radius 2 is 1.12 bits per heavy atom. The molecule has 0 unspecified atom stereocenters. The molecule has 2 aromatic rings. The van der Waals surface area contributed by atoms with Crippen LogP contribution in [0.5, 0.6) is 0 Å². The number of hydrogen-bond acceptors (Lipinski definition) is 16. The lowest BCUT2D eigenvalue weighted by atomic mass is 9.99. The molecule has 0 aliphatic carbocycles. The number of rotatable bonds is 32. The Kier molecular flexibility index (Phi) is 26.4. The van der Waals surface area contributed by atoms with Crippen LogP contribution in [0.25, 0.3) is 10.9 Å². The van der Waals surface area contributed by atoms with E-state index in [1.165, 1.54) is 34.4 Å². The predicted octanol–water partition coefficient (Wildman–Crippen LogP) is -3.01. The summed E-state index contributed by atoms with van der Waals surface area (Å²) in [6.45, 7) is 7.19. The van der Waals surface area contributed by atoms with Gasteiger partial charge in [-0.3, -0.25) is 57.4 Å². The van der Waals surface area contributed by atoms with Gasteiger partial charge in [-0.1, -0.05) is 45.9 Å². The van der Waals surface area contributed by atoms with E-state index in [1.54, 1.807) is 34.0 Å². The Labute approximate surface area is 449 Å². The van der Waals surface area contributed by atoms with Crippen molar-refractivity contribution in [2.24, 2.45) is 17.6 Å². The average Bonchev–Trinajstić information content (AvgIpc) is 3.66. The van der Waals surface area contributed by atoms with E-state index < -0.39 is 170 Å². The molecule has 0 radical (unpaired) electrons. The number of phosphoric ester groups is 1. The number of fused-ring (bicyclic) bond motifs is 1. The van der Waals surface area contributed by atoms with Crippen LogP contribution in [0.4, 0.5) is 0 Å². The quantitative estimate of drug-likeness (QED) is 0.0324. The first-order chi connectivity index (χ1) is 35.7. The van der Waals surface area contributed by atoms with E-state index in [0.717, 1.165) is 24.9 Å². The second-order valence-corrected chi connectivity index (χ2v) is 24.5. The number of phosphoric acid groups is 1. The summed E-state index contributed by atoms with van der Waals surface area (Å²) in [7, 11) is -21.0. The van der Waals surface area contributed by atoms with Crippen LogP contribution in [-0.4, -0.2) is 162 Å². The molecule has 1 heterocycles. The summed E-state index contributed by atoms with van der Waals surface area (Å²) in [5.41, 5.74) is 6.01. The molecule has 0 bridgehead atoms. The van der Waals surface area contributed by atoms with Gasteiger partial charge in [-0.15, -0.1) is 0 Å². The maximum Gasteiger partial charge on any atom is 0.469 e. The molecule has 440 valence electrons. The third-order valence-electron chi connectivity index (χ3n) is 10.9. The molecule has 0 spiro atoms. The minimum absolute atomic E-state index is 0.0193. The number of aromatic nitrogens is 1. The number of nitrogens with two attached hydrogens (primary N) is 1. The van der Waals surface area contributed by atoms with Crippen molar-refractivity contribution in [3.63, 3.8) is 0 Å². The minimum atomic E-state index is -5.38. The van der Waals surface area contributed by atoms with Crippen LogP contribution in [0.3, 0.4) is 0 Å². The molecule has 33 nitrogen and oxygen atoms in total. The number of nitrogens with zero attached hydrogens (tertiary/aromatic N) is 1. The molecule has 0 saturated carbocycles. The number of carbonyl (C=O) groups excluding carboxylic acids is 8. The topological polar surface area (TPSA) is 540 Å². The number of nitrogens with one attached hydrogen (secondary N) is 8. The van der Waals surface area contributed by atoms with E-state index in [9.17, 15) is 106 Å². The third kappa shape index (κ3) is 24.1. The fourth-order valence-electron chi connectivity index (χ4n) is 7.18. The highest BCUT2D eigenvalue weighted by molar-refractivity contribution is 7.98. The van der Waals surface area contributed by atoms with E-state index in [2.05, 4.69) is 31.1 Å². The van der Waals surface area contributed by atoms with E-state index in [0.29, 0.717) is 4.34 Å². The van der Waals surface area contributed by atoms with Crippen molar-refractivity contribution >= 4 is 107 Å². The van der Waals surface area contributed by atoms with Gasteiger partial charge in [0.1, 0.15) is 30.2 Å².